The molecule has 0 unspecified atom stereocenters. The van der Waals surface area contributed by atoms with Crippen LogP contribution in [0, 0.1) is 5.82 Å². The number of amides is 2. The molecule has 0 spiro atoms. The second-order valence-electron chi connectivity index (χ2n) is 7.19. The number of nitrogens with one attached hydrogen (secondary N) is 1. The zero-order valence-corrected chi connectivity index (χ0v) is 19.1. The summed E-state index contributed by atoms with van der Waals surface area (Å²) in [4.78, 5) is 27.2. The summed E-state index contributed by atoms with van der Waals surface area (Å²) >= 11 is 7.35. The number of hydrogen-bond donors (Lipinski definition) is 1. The van der Waals surface area contributed by atoms with E-state index in [9.17, 15) is 14.0 Å². The molecule has 162 valence electrons. The fraction of sp³-hybridized carbons (Fsp3) is 0.391. The molecule has 7 heteroatoms. The number of halogens is 2. The molecule has 0 fully saturated rings. The van der Waals surface area contributed by atoms with Gasteiger partial charge in [0, 0.05) is 28.9 Å². The lowest BCUT2D eigenvalue weighted by Crippen LogP contribution is -2.50. The van der Waals surface area contributed by atoms with Gasteiger partial charge in [-0.3, -0.25) is 9.59 Å². The Balaban J connectivity index is 2.08. The molecule has 0 heterocycles. The molecule has 2 rings (SSSR count). The number of carbonyl (C=O) groups is 2. The maximum Gasteiger partial charge on any atom is 0.242 e. The van der Waals surface area contributed by atoms with E-state index in [0.717, 1.165) is 12.0 Å². The van der Waals surface area contributed by atoms with Crippen LogP contribution in [0.25, 0.3) is 0 Å². The van der Waals surface area contributed by atoms with Crippen LogP contribution in [0.1, 0.15) is 38.3 Å². The van der Waals surface area contributed by atoms with Gasteiger partial charge in [-0.1, -0.05) is 54.9 Å². The van der Waals surface area contributed by atoms with E-state index >= 15 is 0 Å². The van der Waals surface area contributed by atoms with Crippen LogP contribution >= 0.6 is 23.4 Å². The van der Waals surface area contributed by atoms with E-state index < -0.39 is 6.04 Å². The monoisotopic (exact) mass is 450 g/mol. The number of nitrogens with zero attached hydrogens (tertiary/aromatic N) is 1. The first-order valence-corrected chi connectivity index (χ1v) is 11.5. The molecule has 0 saturated carbocycles. The van der Waals surface area contributed by atoms with Gasteiger partial charge in [-0.2, -0.15) is 0 Å². The number of hydrogen-bond acceptors (Lipinski definition) is 3. The van der Waals surface area contributed by atoms with Crippen molar-refractivity contribution in [2.24, 2.45) is 0 Å². The normalized spacial score (nSPS) is 12.8. The summed E-state index contributed by atoms with van der Waals surface area (Å²) in [5.41, 5.74) is 1.32. The van der Waals surface area contributed by atoms with Crippen LogP contribution in [0.3, 0.4) is 0 Å². The van der Waals surface area contributed by atoms with Crippen LogP contribution in [0.4, 0.5) is 4.39 Å². The number of thioether (sulfide) groups is 1. The molecule has 2 aromatic rings. The number of rotatable bonds is 10. The van der Waals surface area contributed by atoms with E-state index in [2.05, 4.69) is 5.32 Å². The van der Waals surface area contributed by atoms with E-state index in [-0.39, 0.29) is 35.2 Å². The molecule has 0 aromatic heterocycles. The third kappa shape index (κ3) is 7.03. The molecule has 0 aliphatic rings. The van der Waals surface area contributed by atoms with Crippen molar-refractivity contribution in [1.29, 1.82) is 0 Å². The fourth-order valence-electron chi connectivity index (χ4n) is 2.82. The van der Waals surface area contributed by atoms with Crippen molar-refractivity contribution in [3.8, 4) is 0 Å². The van der Waals surface area contributed by atoms with Crippen molar-refractivity contribution in [3.05, 3.63) is 70.5 Å². The van der Waals surface area contributed by atoms with Gasteiger partial charge in [0.2, 0.25) is 11.8 Å². The number of benzene rings is 2. The molecular formula is C23H28ClFN2O2S. The Morgan fingerprint density at radius 3 is 2.47 bits per heavy atom. The Bertz CT molecular complexity index is 830. The first-order chi connectivity index (χ1) is 14.3. The van der Waals surface area contributed by atoms with Crippen molar-refractivity contribution >= 4 is 35.2 Å². The molecule has 30 heavy (non-hydrogen) atoms. The molecule has 2 atom stereocenters. The lowest BCUT2D eigenvalue weighted by Gasteiger charge is -2.29. The molecule has 1 N–H and O–H groups in total. The molecule has 0 bridgehead atoms. The lowest BCUT2D eigenvalue weighted by molar-refractivity contribution is -0.138. The van der Waals surface area contributed by atoms with Crippen molar-refractivity contribution < 1.29 is 14.0 Å². The minimum atomic E-state index is -0.621. The summed E-state index contributed by atoms with van der Waals surface area (Å²) in [6.07, 6.45) is 0.810. The highest BCUT2D eigenvalue weighted by molar-refractivity contribution is 7.99. The fourth-order valence-corrected chi connectivity index (χ4v) is 4.07. The summed E-state index contributed by atoms with van der Waals surface area (Å²) in [6, 6.07) is 13.5. The van der Waals surface area contributed by atoms with E-state index in [0.29, 0.717) is 17.1 Å². The third-order valence-corrected chi connectivity index (χ3v) is 6.20. The molecule has 0 radical (unpaired) electrons. The van der Waals surface area contributed by atoms with E-state index in [1.54, 1.807) is 24.0 Å². The third-order valence-electron chi connectivity index (χ3n) is 4.90. The zero-order chi connectivity index (χ0) is 22.1. The smallest absolute Gasteiger partial charge is 0.242 e. The summed E-state index contributed by atoms with van der Waals surface area (Å²) in [5, 5.41) is 3.29. The van der Waals surface area contributed by atoms with Crippen molar-refractivity contribution in [1.82, 2.24) is 10.2 Å². The number of carbonyl (C=O) groups excluding carboxylic acids is 2. The Morgan fingerprint density at radius 1 is 1.13 bits per heavy atom. The van der Waals surface area contributed by atoms with E-state index in [1.807, 2.05) is 44.2 Å². The van der Waals surface area contributed by atoms with Gasteiger partial charge < -0.3 is 10.2 Å². The SMILES string of the molecule is CC[C@H](C)NC(=O)[C@@H](C)N(Cc1ccccc1)C(=O)CSCc1c(F)cccc1Cl. The van der Waals surface area contributed by atoms with Gasteiger partial charge in [0.15, 0.2) is 0 Å². The topological polar surface area (TPSA) is 49.4 Å². The van der Waals surface area contributed by atoms with Gasteiger partial charge in [-0.05, 0) is 38.0 Å². The largest absolute Gasteiger partial charge is 0.352 e. The highest BCUT2D eigenvalue weighted by atomic mass is 35.5. The average Bonchev–Trinajstić information content (AvgIpc) is 2.74. The van der Waals surface area contributed by atoms with Crippen LogP contribution in [0.5, 0.6) is 0 Å². The molecule has 2 aromatic carbocycles. The predicted molar refractivity (Wildman–Crippen MR) is 122 cm³/mol. The molecule has 0 aliphatic carbocycles. The Morgan fingerprint density at radius 2 is 1.83 bits per heavy atom. The molecular weight excluding hydrogens is 423 g/mol. The van der Waals surface area contributed by atoms with Gasteiger partial charge >= 0.3 is 0 Å². The van der Waals surface area contributed by atoms with Gasteiger partial charge in [0.1, 0.15) is 11.9 Å². The standard InChI is InChI=1S/C23H28ClFN2O2S/c1-4-16(2)26-23(29)17(3)27(13-18-9-6-5-7-10-18)22(28)15-30-14-19-20(24)11-8-12-21(19)25/h5-12,16-17H,4,13-15H2,1-3H3,(H,26,29)/t16-,17+/m0/s1. The van der Waals surface area contributed by atoms with E-state index in [1.165, 1.54) is 17.8 Å². The summed E-state index contributed by atoms with van der Waals surface area (Å²) in [6.45, 7) is 5.99. The van der Waals surface area contributed by atoms with Crippen LogP contribution in [-0.2, 0) is 21.9 Å². The Labute approximate surface area is 187 Å². The Hall–Kier alpha value is -2.05. The first-order valence-electron chi connectivity index (χ1n) is 9.97. The van der Waals surface area contributed by atoms with Gasteiger partial charge in [0.25, 0.3) is 0 Å². The van der Waals surface area contributed by atoms with Gasteiger partial charge in [0.05, 0.1) is 5.75 Å². The summed E-state index contributed by atoms with van der Waals surface area (Å²) < 4.78 is 14.0. The van der Waals surface area contributed by atoms with Crippen LogP contribution in [-0.4, -0.2) is 34.6 Å². The molecule has 0 aliphatic heterocycles. The average molecular weight is 451 g/mol. The molecule has 4 nitrogen and oxygen atoms in total. The second kappa shape index (κ2) is 12.0. The maximum atomic E-state index is 14.0. The van der Waals surface area contributed by atoms with Gasteiger partial charge in [-0.15, -0.1) is 11.8 Å². The minimum Gasteiger partial charge on any atom is -0.352 e. The van der Waals surface area contributed by atoms with Crippen LogP contribution in [0.15, 0.2) is 48.5 Å². The van der Waals surface area contributed by atoms with Crippen LogP contribution < -0.4 is 5.32 Å². The zero-order valence-electron chi connectivity index (χ0n) is 17.5. The minimum absolute atomic E-state index is 0.0335. The Kier molecular flexibility index (Phi) is 9.66. The van der Waals surface area contributed by atoms with Crippen LogP contribution in [0.2, 0.25) is 5.02 Å². The highest BCUT2D eigenvalue weighted by Gasteiger charge is 2.26. The predicted octanol–water partition coefficient (Wildman–Crippen LogP) is 5.04. The quantitative estimate of drug-likeness (QED) is 0.551. The molecule has 0 saturated heterocycles. The van der Waals surface area contributed by atoms with Crippen molar-refractivity contribution in [2.45, 2.75) is 51.6 Å². The van der Waals surface area contributed by atoms with Crippen molar-refractivity contribution in [2.75, 3.05) is 5.75 Å². The summed E-state index contributed by atoms with van der Waals surface area (Å²) in [7, 11) is 0. The van der Waals surface area contributed by atoms with E-state index in [4.69, 9.17) is 11.6 Å². The molecule has 2 amide bonds. The van der Waals surface area contributed by atoms with Gasteiger partial charge in [-0.25, -0.2) is 4.39 Å². The highest BCUT2D eigenvalue weighted by Crippen LogP contribution is 2.24. The summed E-state index contributed by atoms with van der Waals surface area (Å²) in [5.74, 6) is -0.341. The lowest BCUT2D eigenvalue weighted by atomic mass is 10.1. The van der Waals surface area contributed by atoms with Crippen molar-refractivity contribution in [3.63, 3.8) is 0 Å². The first kappa shape index (κ1) is 24.2. The second-order valence-corrected chi connectivity index (χ2v) is 8.59. The maximum absolute atomic E-state index is 14.0.